The van der Waals surface area contributed by atoms with Gasteiger partial charge in [-0.2, -0.15) is 14.2 Å². The molecule has 16 heteroatoms. The molecule has 1 heterocycles. The summed E-state index contributed by atoms with van der Waals surface area (Å²) in [5.41, 5.74) is 1.81. The van der Waals surface area contributed by atoms with E-state index in [1.807, 2.05) is 132 Å². The van der Waals surface area contributed by atoms with Crippen LogP contribution in [0.5, 0.6) is 0 Å². The van der Waals surface area contributed by atoms with Gasteiger partial charge in [0.1, 0.15) is 24.2 Å². The molecule has 2 aromatic rings. The number of nitrogens with one attached hydrogen (secondary N) is 1. The Balaban J connectivity index is -0.000000202. The number of aliphatic hydroxyl groups is 2. The third kappa shape index (κ3) is 42.0. The molecule has 0 aromatic heterocycles. The summed E-state index contributed by atoms with van der Waals surface area (Å²) in [6.07, 6.45) is 5.22. The number of alkyl halides is 1. The molecule has 13 nitrogen and oxygen atoms in total. The van der Waals surface area contributed by atoms with Crippen LogP contribution in [0.1, 0.15) is 138 Å². The molecule has 0 radical (unpaired) electrons. The molecular weight excluding hydrogens is 1070 g/mol. The van der Waals surface area contributed by atoms with Gasteiger partial charge in [-0.1, -0.05) is 139 Å². The first kappa shape index (κ1) is 77.9. The number of carbonyl (C=O) groups excluding carboxylic acids is 5. The van der Waals surface area contributed by atoms with Crippen molar-refractivity contribution in [2.75, 3.05) is 58.9 Å². The summed E-state index contributed by atoms with van der Waals surface area (Å²) in [5, 5.41) is 35.7. The summed E-state index contributed by atoms with van der Waals surface area (Å²) in [6.45, 7) is 20.3. The van der Waals surface area contributed by atoms with Crippen molar-refractivity contribution in [3.63, 3.8) is 0 Å². The molecule has 404 valence electrons. The van der Waals surface area contributed by atoms with Crippen LogP contribution in [0, 0.1) is 71.0 Å². The number of aliphatic hydroxyl groups excluding tert-OH is 2. The Labute approximate surface area is 472 Å². The van der Waals surface area contributed by atoms with Crippen molar-refractivity contribution in [3.05, 3.63) is 71.8 Å². The normalized spacial score (nSPS) is 13.3. The van der Waals surface area contributed by atoms with E-state index in [-0.39, 0.29) is 102 Å². The molecule has 3 amide bonds. The molecular formula is C57H86IMgN2O11P. The van der Waals surface area contributed by atoms with Gasteiger partial charge < -0.3 is 35.0 Å². The summed E-state index contributed by atoms with van der Waals surface area (Å²) >= 11 is 1.96. The Morgan fingerprint density at radius 1 is 0.740 bits per heavy atom. The van der Waals surface area contributed by atoms with Crippen LogP contribution in [0.4, 0.5) is 4.79 Å². The van der Waals surface area contributed by atoms with Crippen molar-refractivity contribution >= 4 is 82.3 Å². The summed E-state index contributed by atoms with van der Waals surface area (Å²) in [6, 6.07) is 18.2. The SMILES string of the molecule is CCC#CC[C@H](C)C(=O)CP(C)(C)=O.CCC#CC[C@H](C)C(=O)N1C(=O)OC[C@@H]1c1ccccc1.CCC#CC[C@H](C)C(=O)N[C@H](CO)c1ccccc1.CCC#CC[C@H](C)C(C)=O.CO.C[O-].C[O-].[2H]CI.[Mg+2]. The topological polar surface area (TPSA) is 214 Å². The van der Waals surface area contributed by atoms with E-state index in [0.29, 0.717) is 30.6 Å². The molecule has 6 atom stereocenters. The number of ether oxygens (including phenoxy) is 1. The smallest absolute Gasteiger partial charge is 0.857 e. The molecule has 1 saturated heterocycles. The molecule has 1 fully saturated rings. The van der Waals surface area contributed by atoms with E-state index >= 15 is 0 Å². The summed E-state index contributed by atoms with van der Waals surface area (Å²) < 4.78 is 22.7. The molecule has 1 aliphatic rings. The predicted molar refractivity (Wildman–Crippen MR) is 305 cm³/mol. The average Bonchev–Trinajstić information content (AvgIpc) is 3.78. The maximum absolute atomic E-state index is 12.5. The van der Waals surface area contributed by atoms with Crippen LogP contribution in [-0.4, -0.2) is 127 Å². The second-order valence-corrected chi connectivity index (χ2v) is 19.4. The van der Waals surface area contributed by atoms with Gasteiger partial charge in [0.15, 0.2) is 0 Å². The van der Waals surface area contributed by atoms with Gasteiger partial charge in [0.25, 0.3) is 0 Å². The van der Waals surface area contributed by atoms with Crippen molar-refractivity contribution in [2.45, 2.75) is 126 Å². The van der Waals surface area contributed by atoms with Crippen LogP contribution in [0.25, 0.3) is 0 Å². The zero-order valence-electron chi connectivity index (χ0n) is 47.3. The number of imide groups is 1. The number of halogens is 1. The maximum atomic E-state index is 12.5. The second-order valence-electron chi connectivity index (χ2n) is 15.9. The number of cyclic esters (lactones) is 1. The first-order valence-electron chi connectivity index (χ1n) is 24.5. The van der Waals surface area contributed by atoms with Crippen LogP contribution in [0.3, 0.4) is 0 Å². The zero-order chi connectivity index (χ0) is 57.2. The van der Waals surface area contributed by atoms with Crippen LogP contribution in [0.15, 0.2) is 60.7 Å². The van der Waals surface area contributed by atoms with E-state index in [1.165, 1.54) is 4.90 Å². The quantitative estimate of drug-likeness (QED) is 0.0538. The maximum Gasteiger partial charge on any atom is 2.00 e. The van der Waals surface area contributed by atoms with E-state index in [9.17, 15) is 33.6 Å². The van der Waals surface area contributed by atoms with Crippen molar-refractivity contribution in [1.82, 2.24) is 10.2 Å². The van der Waals surface area contributed by atoms with Gasteiger partial charge in [0.2, 0.25) is 11.8 Å². The van der Waals surface area contributed by atoms with E-state index in [0.717, 1.165) is 58.1 Å². The Hall–Kier alpha value is -4.00. The number of nitrogens with zero attached hydrogens (tertiary/aromatic N) is 1. The third-order valence-corrected chi connectivity index (χ3v) is 10.6. The molecule has 0 aliphatic carbocycles. The fourth-order valence-corrected chi connectivity index (χ4v) is 6.49. The fraction of sp³-hybridized carbons (Fsp3) is 0.561. The van der Waals surface area contributed by atoms with Gasteiger partial charge in [-0.3, -0.25) is 19.2 Å². The van der Waals surface area contributed by atoms with Crippen molar-refractivity contribution in [3.8, 4) is 47.4 Å². The minimum absolute atomic E-state index is 0. The predicted octanol–water partition coefficient (Wildman–Crippen LogP) is 8.29. The minimum Gasteiger partial charge on any atom is -0.857 e. The summed E-state index contributed by atoms with van der Waals surface area (Å²) in [4.78, 5) is 60.2. The molecule has 3 rings (SSSR count). The number of carbonyl (C=O) groups is 5. The zero-order valence-corrected chi connectivity index (χ0v) is 50.7. The first-order chi connectivity index (χ1) is 34.8. The molecule has 0 spiro atoms. The first-order valence-corrected chi connectivity index (χ1v) is 28.1. The number of hydrogen-bond donors (Lipinski definition) is 3. The summed E-state index contributed by atoms with van der Waals surface area (Å²) in [7, 11) is 0.287. The number of hydrogen-bond acceptors (Lipinski definition) is 11. The number of amides is 3. The molecule has 0 unspecified atom stereocenters. The van der Waals surface area contributed by atoms with Crippen molar-refractivity contribution in [1.29, 1.82) is 0 Å². The molecule has 2 aromatic carbocycles. The Morgan fingerprint density at radius 3 is 1.51 bits per heavy atom. The van der Waals surface area contributed by atoms with Crippen molar-refractivity contribution < 1.29 is 55.1 Å². The molecule has 3 N–H and O–H groups in total. The Bertz CT molecular complexity index is 2080. The van der Waals surface area contributed by atoms with E-state index in [2.05, 4.69) is 52.7 Å². The van der Waals surface area contributed by atoms with Crippen LogP contribution in [0.2, 0.25) is 0 Å². The number of rotatable bonds is 14. The Kier molecular flexibility index (Phi) is 57.9. The fourth-order valence-electron chi connectivity index (χ4n) is 5.43. The van der Waals surface area contributed by atoms with Crippen LogP contribution >= 0.6 is 29.7 Å². The van der Waals surface area contributed by atoms with Gasteiger partial charge >= 0.3 is 29.1 Å². The number of benzene rings is 2. The molecule has 1 aliphatic heterocycles. The van der Waals surface area contributed by atoms with Gasteiger partial charge in [-0.05, 0) is 36.3 Å². The van der Waals surface area contributed by atoms with Crippen molar-refractivity contribution in [2.24, 2.45) is 23.7 Å². The monoisotopic (exact) mass is 1160 g/mol. The number of ketones is 2. The Morgan fingerprint density at radius 2 is 1.12 bits per heavy atom. The van der Waals surface area contributed by atoms with Crippen LogP contribution < -0.4 is 15.5 Å². The van der Waals surface area contributed by atoms with E-state index < -0.39 is 13.2 Å². The largest absolute Gasteiger partial charge is 2.00 e. The van der Waals surface area contributed by atoms with Gasteiger partial charge in [0.05, 0.1) is 26.0 Å². The number of Topliss-reactive ketones (excluding diaryl/α,β-unsaturated/α-hetero) is 2. The van der Waals surface area contributed by atoms with Crippen LogP contribution in [-0.2, 0) is 28.5 Å². The molecule has 0 saturated carbocycles. The van der Waals surface area contributed by atoms with Gasteiger partial charge in [-0.15, -0.1) is 47.4 Å². The van der Waals surface area contributed by atoms with Gasteiger partial charge in [-0.25, -0.2) is 9.69 Å². The second kappa shape index (κ2) is 54.3. The van der Waals surface area contributed by atoms with Gasteiger partial charge in [0, 0.05) is 83.5 Å². The average molecular weight is 1160 g/mol. The molecule has 73 heavy (non-hydrogen) atoms. The summed E-state index contributed by atoms with van der Waals surface area (Å²) in [5.74, 6) is 23.1. The minimum atomic E-state index is -2.21. The molecule has 0 bridgehead atoms. The van der Waals surface area contributed by atoms with E-state index in [1.54, 1.807) is 27.2 Å². The standard InChI is InChI=1S/C17H19NO3.C16H21NO2.C11H19O2P.C9H14O.CH3I.CH4O.2CH3O.Mg/c1-3-4-6-9-13(2)16(19)18-15(12-21-17(18)20)14-10-7-5-8-11-14;1-3-4-6-9-13(2)16(19)17-15(12-18)14-10-7-5-8-11-14;1-5-6-7-8-10(2)11(12)9-14(3,4)13;1-4-5-6-7-8(2)9(3)10;4*1-2;/h5,7-8,10-11,13,15H,3,9,12H2,1-2H3;5,7-8,10-11,13,15,18H,3,9,12H2,1-2H3,(H,17,19);10H,5,8-9H2,1-4H3;8H,4,7H2,1-3H3;1H3;2H,1H3;2*1H3;/q;;;;;;2*-1;+2/t2*13-,15+;10-;8-;;;;;/m0000...../s1/i;;;;1D;;;;. The van der Waals surface area contributed by atoms with E-state index in [4.69, 9.17) is 21.4 Å². The third-order valence-electron chi connectivity index (χ3n) is 9.49.